The number of phenols is 1. The van der Waals surface area contributed by atoms with Gasteiger partial charge in [0, 0.05) is 33.7 Å². The Labute approximate surface area is 181 Å². The first kappa shape index (κ1) is 21.9. The van der Waals surface area contributed by atoms with Gasteiger partial charge < -0.3 is 14.9 Å². The molecule has 0 heterocycles. The Morgan fingerprint density at radius 2 is 1.70 bits per heavy atom. The third kappa shape index (κ3) is 4.83. The number of ether oxygens (including phenoxy) is 1. The van der Waals surface area contributed by atoms with E-state index in [9.17, 15) is 18.7 Å². The van der Waals surface area contributed by atoms with Crippen molar-refractivity contribution in [3.8, 4) is 22.6 Å². The van der Waals surface area contributed by atoms with Crippen LogP contribution < -0.4 is 4.74 Å². The first-order valence-corrected chi connectivity index (χ1v) is 9.56. The summed E-state index contributed by atoms with van der Waals surface area (Å²) in [6.07, 6.45) is -0.823. The molecule has 0 unspecified atom stereocenters. The van der Waals surface area contributed by atoms with Gasteiger partial charge in [-0.3, -0.25) is 0 Å². The number of rotatable bonds is 6. The van der Waals surface area contributed by atoms with Crippen molar-refractivity contribution >= 4 is 29.2 Å². The minimum atomic E-state index is -1.13. The van der Waals surface area contributed by atoms with Crippen molar-refractivity contribution in [1.29, 1.82) is 0 Å². The van der Waals surface area contributed by atoms with Gasteiger partial charge in [-0.25, -0.2) is 13.6 Å². The fraction of sp³-hybridized carbons (Fsp3) is 0.136. The maximum Gasteiger partial charge on any atom is 0.344 e. The van der Waals surface area contributed by atoms with E-state index >= 15 is 0 Å². The number of phenolic OH excluding ortho intramolecular Hbond substituents is 1. The Kier molecular flexibility index (Phi) is 6.48. The molecule has 3 rings (SSSR count). The Morgan fingerprint density at radius 1 is 1.03 bits per heavy atom. The second-order valence-electron chi connectivity index (χ2n) is 6.62. The van der Waals surface area contributed by atoms with E-state index in [2.05, 4.69) is 0 Å². The van der Waals surface area contributed by atoms with Crippen LogP contribution in [0.15, 0.2) is 48.5 Å². The third-order valence-electron chi connectivity index (χ3n) is 4.44. The number of hydrogen-bond donors (Lipinski definition) is 2. The van der Waals surface area contributed by atoms with Gasteiger partial charge in [-0.1, -0.05) is 29.3 Å². The molecule has 3 aromatic rings. The molecule has 0 bridgehead atoms. The molecule has 0 saturated carbocycles. The number of carboxylic acids is 1. The van der Waals surface area contributed by atoms with Crippen molar-refractivity contribution in [3.63, 3.8) is 0 Å². The molecule has 30 heavy (non-hydrogen) atoms. The molecule has 2 N–H and O–H groups in total. The van der Waals surface area contributed by atoms with Gasteiger partial charge in [0.2, 0.25) is 0 Å². The number of aliphatic carboxylic acids is 1. The molecule has 0 radical (unpaired) electrons. The van der Waals surface area contributed by atoms with E-state index in [1.807, 2.05) is 0 Å². The van der Waals surface area contributed by atoms with Crippen LogP contribution in [0.4, 0.5) is 8.78 Å². The zero-order chi connectivity index (χ0) is 22.0. The lowest BCUT2D eigenvalue weighted by atomic mass is 9.97. The molecule has 0 amide bonds. The average Bonchev–Trinajstić information content (AvgIpc) is 2.66. The molecule has 3 aromatic carbocycles. The summed E-state index contributed by atoms with van der Waals surface area (Å²) in [7, 11) is 0. The highest BCUT2D eigenvalue weighted by atomic mass is 35.5. The van der Waals surface area contributed by atoms with Gasteiger partial charge in [-0.15, -0.1) is 0 Å². The smallest absolute Gasteiger partial charge is 0.344 e. The molecule has 4 nitrogen and oxygen atoms in total. The lowest BCUT2D eigenvalue weighted by molar-refractivity contribution is -0.144. The monoisotopic (exact) mass is 452 g/mol. The highest BCUT2D eigenvalue weighted by Gasteiger charge is 2.17. The zero-order valence-electron chi connectivity index (χ0n) is 15.6. The van der Waals surface area contributed by atoms with Crippen LogP contribution in [0.1, 0.15) is 18.1 Å². The molecule has 0 fully saturated rings. The molecule has 8 heteroatoms. The van der Waals surface area contributed by atoms with Crippen LogP contribution >= 0.6 is 23.2 Å². The van der Waals surface area contributed by atoms with Crippen molar-refractivity contribution < 1.29 is 28.5 Å². The van der Waals surface area contributed by atoms with E-state index in [4.69, 9.17) is 33.0 Å². The van der Waals surface area contributed by atoms with Crippen LogP contribution in [0.2, 0.25) is 10.0 Å². The van der Waals surface area contributed by atoms with Gasteiger partial charge in [0.15, 0.2) is 6.10 Å². The second-order valence-corrected chi connectivity index (χ2v) is 7.43. The van der Waals surface area contributed by atoms with Crippen LogP contribution in [-0.4, -0.2) is 22.3 Å². The minimum absolute atomic E-state index is 0.0550. The normalized spacial score (nSPS) is 11.9. The van der Waals surface area contributed by atoms with Crippen molar-refractivity contribution in [3.05, 3.63) is 81.3 Å². The molecule has 0 aliphatic rings. The van der Waals surface area contributed by atoms with Gasteiger partial charge in [-0.05, 0) is 54.4 Å². The highest BCUT2D eigenvalue weighted by Crippen LogP contribution is 2.36. The number of carbonyl (C=O) groups is 1. The SMILES string of the molecule is C[C@H](Oc1cc(Cl)c(Cc2ccc(O)c(-c3ccc(F)cc3F)c2)c(Cl)c1)C(=O)O. The molecule has 0 saturated heterocycles. The van der Waals surface area contributed by atoms with Crippen molar-refractivity contribution in [1.82, 2.24) is 0 Å². The summed E-state index contributed by atoms with van der Waals surface area (Å²) in [6, 6.07) is 10.6. The van der Waals surface area contributed by atoms with E-state index in [0.717, 1.165) is 12.1 Å². The van der Waals surface area contributed by atoms with Gasteiger partial charge in [0.05, 0.1) is 0 Å². The first-order chi connectivity index (χ1) is 14.2. The number of benzene rings is 3. The maximum atomic E-state index is 14.2. The predicted octanol–water partition coefficient (Wildman–Crippen LogP) is 6.09. The van der Waals surface area contributed by atoms with Gasteiger partial charge >= 0.3 is 5.97 Å². The average molecular weight is 453 g/mol. The summed E-state index contributed by atoms with van der Waals surface area (Å²) in [5, 5.41) is 19.6. The summed E-state index contributed by atoms with van der Waals surface area (Å²) in [6.45, 7) is 1.38. The van der Waals surface area contributed by atoms with Gasteiger partial charge in [0.25, 0.3) is 0 Å². The number of carboxylic acid groups (broad SMARTS) is 1. The van der Waals surface area contributed by atoms with E-state index in [1.54, 1.807) is 12.1 Å². The van der Waals surface area contributed by atoms with Crippen LogP contribution in [0.25, 0.3) is 11.1 Å². The van der Waals surface area contributed by atoms with Crippen LogP contribution in [-0.2, 0) is 11.2 Å². The van der Waals surface area contributed by atoms with Gasteiger partial charge in [-0.2, -0.15) is 0 Å². The third-order valence-corrected chi connectivity index (χ3v) is 5.11. The molecular formula is C22H16Cl2F2O4. The molecule has 0 aliphatic heterocycles. The summed E-state index contributed by atoms with van der Waals surface area (Å²) in [5.74, 6) is -2.59. The summed E-state index contributed by atoms with van der Waals surface area (Å²) in [5.41, 5.74) is 1.47. The molecule has 0 aromatic heterocycles. The number of hydrogen-bond acceptors (Lipinski definition) is 3. The fourth-order valence-electron chi connectivity index (χ4n) is 2.89. The van der Waals surface area contributed by atoms with Crippen molar-refractivity contribution in [2.45, 2.75) is 19.4 Å². The molecular weight excluding hydrogens is 437 g/mol. The Hall–Kier alpha value is -2.83. The Balaban J connectivity index is 1.92. The second kappa shape index (κ2) is 8.90. The van der Waals surface area contributed by atoms with E-state index < -0.39 is 23.7 Å². The lowest BCUT2D eigenvalue weighted by Crippen LogP contribution is -2.22. The standard InChI is InChI=1S/C22H16Cl2F2O4/c1-11(22(28)29)30-14-9-18(23)17(19(24)10-14)7-12-2-5-21(27)16(6-12)15-4-3-13(25)8-20(15)26/h2-6,8-11,27H,7H2,1H3,(H,28,29)/t11-/m0/s1. The zero-order valence-corrected chi connectivity index (χ0v) is 17.1. The van der Waals surface area contributed by atoms with Crippen LogP contribution in [0.3, 0.4) is 0 Å². The molecule has 0 aliphatic carbocycles. The summed E-state index contributed by atoms with van der Waals surface area (Å²) >= 11 is 12.6. The maximum absolute atomic E-state index is 14.2. The molecule has 0 spiro atoms. The lowest BCUT2D eigenvalue weighted by Gasteiger charge is -2.14. The van der Waals surface area contributed by atoms with E-state index in [-0.39, 0.29) is 39.1 Å². The minimum Gasteiger partial charge on any atom is -0.507 e. The quantitative estimate of drug-likeness (QED) is 0.474. The number of aromatic hydroxyl groups is 1. The molecule has 156 valence electrons. The van der Waals surface area contributed by atoms with Crippen molar-refractivity contribution in [2.75, 3.05) is 0 Å². The molecule has 1 atom stereocenters. The predicted molar refractivity (Wildman–Crippen MR) is 110 cm³/mol. The topological polar surface area (TPSA) is 66.8 Å². The van der Waals surface area contributed by atoms with E-state index in [0.29, 0.717) is 11.1 Å². The fourth-order valence-corrected chi connectivity index (χ4v) is 3.49. The largest absolute Gasteiger partial charge is 0.507 e. The Morgan fingerprint density at radius 3 is 2.30 bits per heavy atom. The van der Waals surface area contributed by atoms with Crippen LogP contribution in [0.5, 0.6) is 11.5 Å². The summed E-state index contributed by atoms with van der Waals surface area (Å²) in [4.78, 5) is 10.9. The number of halogens is 4. The highest BCUT2D eigenvalue weighted by molar-refractivity contribution is 6.36. The Bertz CT molecular complexity index is 1100. The van der Waals surface area contributed by atoms with Gasteiger partial charge in [0.1, 0.15) is 23.1 Å². The van der Waals surface area contributed by atoms with E-state index in [1.165, 1.54) is 31.2 Å². The first-order valence-electron chi connectivity index (χ1n) is 8.80. The summed E-state index contributed by atoms with van der Waals surface area (Å²) < 4.78 is 32.6. The van der Waals surface area contributed by atoms with Crippen molar-refractivity contribution in [2.24, 2.45) is 0 Å². The van der Waals surface area contributed by atoms with Crippen LogP contribution in [0, 0.1) is 11.6 Å².